The zero-order chi connectivity index (χ0) is 8.53. The molecule has 0 amide bonds. The van der Waals surface area contributed by atoms with Crippen LogP contribution in [-0.4, -0.2) is 37.9 Å². The van der Waals surface area contributed by atoms with Crippen molar-refractivity contribution in [3.63, 3.8) is 0 Å². The van der Waals surface area contributed by atoms with Gasteiger partial charge in [-0.25, -0.2) is 0 Å². The summed E-state index contributed by atoms with van der Waals surface area (Å²) in [6.45, 7) is 2.78. The smallest absolute Gasteiger partial charge is 0.120 e. The number of hydrogen-bond acceptors (Lipinski definition) is 3. The Bertz CT molecular complexity index is 96.1. The van der Waals surface area contributed by atoms with E-state index in [1.807, 2.05) is 0 Å². The highest BCUT2D eigenvalue weighted by molar-refractivity contribution is 5.48. The Balaban J connectivity index is 3.08. The average molecular weight is 158 g/mol. The lowest BCUT2D eigenvalue weighted by atomic mass is 10.3. The lowest BCUT2D eigenvalue weighted by Crippen LogP contribution is -2.22. The number of aldehydes is 1. The monoisotopic (exact) mass is 158 g/mol. The molecule has 3 nitrogen and oxygen atoms in total. The summed E-state index contributed by atoms with van der Waals surface area (Å²) in [6.07, 6.45) is 3.64. The third-order valence-electron chi connectivity index (χ3n) is 1.61. The van der Waals surface area contributed by atoms with Crippen LogP contribution in [0.4, 0.5) is 0 Å². The van der Waals surface area contributed by atoms with Crippen LogP contribution in [0.25, 0.3) is 0 Å². The van der Waals surface area contributed by atoms with Crippen LogP contribution in [0.1, 0.15) is 19.3 Å². The van der Waals surface area contributed by atoms with Crippen molar-refractivity contribution in [3.05, 3.63) is 0 Å². The fraction of sp³-hybridized carbons (Fsp3) is 0.875. The van der Waals surface area contributed by atoms with E-state index < -0.39 is 0 Å². The van der Waals surface area contributed by atoms with E-state index in [4.69, 9.17) is 5.73 Å². The number of nitrogens with zero attached hydrogens (tertiary/aromatic N) is 1. The maximum Gasteiger partial charge on any atom is 0.120 e. The Morgan fingerprint density at radius 3 is 2.55 bits per heavy atom. The van der Waals surface area contributed by atoms with Gasteiger partial charge in [-0.1, -0.05) is 0 Å². The van der Waals surface area contributed by atoms with Gasteiger partial charge in [-0.2, -0.15) is 0 Å². The van der Waals surface area contributed by atoms with Gasteiger partial charge in [0.05, 0.1) is 0 Å². The van der Waals surface area contributed by atoms with Gasteiger partial charge < -0.3 is 15.4 Å². The van der Waals surface area contributed by atoms with Gasteiger partial charge in [-0.3, -0.25) is 0 Å². The molecule has 0 unspecified atom stereocenters. The first-order valence-corrected chi connectivity index (χ1v) is 4.13. The molecule has 0 atom stereocenters. The van der Waals surface area contributed by atoms with Crippen molar-refractivity contribution >= 4 is 6.29 Å². The van der Waals surface area contributed by atoms with E-state index in [-0.39, 0.29) is 0 Å². The summed E-state index contributed by atoms with van der Waals surface area (Å²) in [4.78, 5) is 12.2. The Morgan fingerprint density at radius 1 is 1.36 bits per heavy atom. The average Bonchev–Trinajstić information content (AvgIpc) is 2.01. The molecule has 0 aromatic heterocycles. The minimum absolute atomic E-state index is 0.674. The van der Waals surface area contributed by atoms with Crippen molar-refractivity contribution in [1.82, 2.24) is 4.90 Å². The van der Waals surface area contributed by atoms with Crippen LogP contribution >= 0.6 is 0 Å². The van der Waals surface area contributed by atoms with E-state index in [2.05, 4.69) is 11.9 Å². The van der Waals surface area contributed by atoms with Gasteiger partial charge in [-0.15, -0.1) is 0 Å². The van der Waals surface area contributed by atoms with E-state index in [9.17, 15) is 4.79 Å². The standard InChI is InChI=1S/C8H18N2O/c1-10(7-4-5-9)6-2-3-8-11/h8H,2-7,9H2,1H3. The van der Waals surface area contributed by atoms with Crippen LogP contribution in [0.5, 0.6) is 0 Å². The first kappa shape index (κ1) is 10.6. The second-order valence-corrected chi connectivity index (χ2v) is 2.75. The predicted octanol–water partition coefficient (Wildman–Crippen LogP) is 0.246. The van der Waals surface area contributed by atoms with Crippen molar-refractivity contribution in [1.29, 1.82) is 0 Å². The first-order valence-electron chi connectivity index (χ1n) is 4.13. The van der Waals surface area contributed by atoms with Crippen LogP contribution in [0, 0.1) is 0 Å². The number of nitrogens with two attached hydrogens (primary N) is 1. The zero-order valence-corrected chi connectivity index (χ0v) is 7.25. The van der Waals surface area contributed by atoms with Crippen LogP contribution in [0.2, 0.25) is 0 Å². The van der Waals surface area contributed by atoms with Gasteiger partial charge >= 0.3 is 0 Å². The quantitative estimate of drug-likeness (QED) is 0.426. The lowest BCUT2D eigenvalue weighted by Gasteiger charge is -2.14. The fourth-order valence-corrected chi connectivity index (χ4v) is 0.918. The number of unbranched alkanes of at least 4 members (excludes halogenated alkanes) is 1. The predicted molar refractivity (Wildman–Crippen MR) is 46.5 cm³/mol. The van der Waals surface area contributed by atoms with Crippen molar-refractivity contribution in [3.8, 4) is 0 Å². The summed E-state index contributed by atoms with van der Waals surface area (Å²) in [5, 5.41) is 0. The maximum absolute atomic E-state index is 9.96. The number of hydrogen-bond donors (Lipinski definition) is 1. The van der Waals surface area contributed by atoms with Gasteiger partial charge in [-0.05, 0) is 39.5 Å². The van der Waals surface area contributed by atoms with Crippen molar-refractivity contribution in [2.24, 2.45) is 5.73 Å². The second-order valence-electron chi connectivity index (χ2n) is 2.75. The molecule has 0 aliphatic rings. The molecular formula is C8H18N2O. The molecule has 0 aliphatic carbocycles. The number of carbonyl (C=O) groups excluding carboxylic acids is 1. The van der Waals surface area contributed by atoms with Crippen LogP contribution in [0.3, 0.4) is 0 Å². The molecule has 0 heterocycles. The van der Waals surface area contributed by atoms with E-state index in [0.717, 1.165) is 38.8 Å². The van der Waals surface area contributed by atoms with E-state index in [1.165, 1.54) is 0 Å². The molecule has 0 aromatic carbocycles. The van der Waals surface area contributed by atoms with Crippen molar-refractivity contribution in [2.45, 2.75) is 19.3 Å². The van der Waals surface area contributed by atoms with Gasteiger partial charge in [0.2, 0.25) is 0 Å². The second kappa shape index (κ2) is 7.69. The molecule has 0 fully saturated rings. The summed E-state index contributed by atoms with van der Waals surface area (Å²) in [5.41, 5.74) is 5.35. The molecule has 0 aliphatic heterocycles. The zero-order valence-electron chi connectivity index (χ0n) is 7.25. The van der Waals surface area contributed by atoms with Gasteiger partial charge in [0.25, 0.3) is 0 Å². The minimum Gasteiger partial charge on any atom is -0.330 e. The summed E-state index contributed by atoms with van der Waals surface area (Å²) < 4.78 is 0. The first-order chi connectivity index (χ1) is 5.31. The Kier molecular flexibility index (Phi) is 7.41. The number of carbonyl (C=O) groups is 1. The molecule has 0 bridgehead atoms. The molecule has 0 rings (SSSR count). The van der Waals surface area contributed by atoms with E-state index >= 15 is 0 Å². The fourth-order valence-electron chi connectivity index (χ4n) is 0.918. The normalized spacial score (nSPS) is 10.5. The minimum atomic E-state index is 0.674. The molecule has 66 valence electrons. The van der Waals surface area contributed by atoms with E-state index in [1.54, 1.807) is 0 Å². The summed E-state index contributed by atoms with van der Waals surface area (Å²) in [6, 6.07) is 0. The van der Waals surface area contributed by atoms with Crippen LogP contribution < -0.4 is 5.73 Å². The Labute approximate surface area is 68.6 Å². The molecule has 2 N–H and O–H groups in total. The summed E-state index contributed by atoms with van der Waals surface area (Å²) in [7, 11) is 2.06. The summed E-state index contributed by atoms with van der Waals surface area (Å²) >= 11 is 0. The molecule has 0 aromatic rings. The van der Waals surface area contributed by atoms with Gasteiger partial charge in [0.1, 0.15) is 6.29 Å². The molecule has 0 radical (unpaired) electrons. The molecule has 0 saturated heterocycles. The SMILES string of the molecule is CN(CCCN)CCCC=O. The molecule has 11 heavy (non-hydrogen) atoms. The Hall–Kier alpha value is -0.410. The Morgan fingerprint density at radius 2 is 2.00 bits per heavy atom. The van der Waals surface area contributed by atoms with Crippen LogP contribution in [0.15, 0.2) is 0 Å². The third kappa shape index (κ3) is 7.49. The number of rotatable bonds is 7. The maximum atomic E-state index is 9.96. The highest BCUT2D eigenvalue weighted by Gasteiger charge is 1.95. The molecular weight excluding hydrogens is 140 g/mol. The van der Waals surface area contributed by atoms with E-state index in [0.29, 0.717) is 6.42 Å². The molecule has 3 heteroatoms. The molecule has 0 saturated carbocycles. The highest BCUT2D eigenvalue weighted by Crippen LogP contribution is 1.91. The summed E-state index contributed by atoms with van der Waals surface area (Å²) in [5.74, 6) is 0. The topological polar surface area (TPSA) is 46.3 Å². The lowest BCUT2D eigenvalue weighted by molar-refractivity contribution is -0.107. The van der Waals surface area contributed by atoms with Gasteiger partial charge in [0.15, 0.2) is 0 Å². The largest absolute Gasteiger partial charge is 0.330 e. The van der Waals surface area contributed by atoms with Crippen molar-refractivity contribution in [2.75, 3.05) is 26.7 Å². The van der Waals surface area contributed by atoms with Crippen LogP contribution in [-0.2, 0) is 4.79 Å². The molecule has 0 spiro atoms. The van der Waals surface area contributed by atoms with Gasteiger partial charge in [0, 0.05) is 6.42 Å². The third-order valence-corrected chi connectivity index (χ3v) is 1.61. The van der Waals surface area contributed by atoms with Crippen molar-refractivity contribution < 1.29 is 4.79 Å². The highest BCUT2D eigenvalue weighted by atomic mass is 16.1.